The van der Waals surface area contributed by atoms with Crippen molar-refractivity contribution < 1.29 is 38.6 Å². The molecule has 14 heteroatoms. The number of hydrogen-bond donors (Lipinski definition) is 3. The zero-order valence-corrected chi connectivity index (χ0v) is 28.2. The molecule has 254 valence electrons. The Labute approximate surface area is 277 Å². The van der Waals surface area contributed by atoms with Gasteiger partial charge in [0.25, 0.3) is 0 Å². The average molecular weight is 670 g/mol. The minimum Gasteiger partial charge on any atom is -0.491 e. The first-order valence-electron chi connectivity index (χ1n) is 15.8. The number of carbonyl (C=O) groups excluding carboxylic acids is 2. The molecule has 4 heterocycles. The third kappa shape index (κ3) is 8.00. The molecule has 0 radical (unpaired) electrons. The molecule has 0 unspecified atom stereocenters. The maximum absolute atomic E-state index is 13.8. The predicted molar refractivity (Wildman–Crippen MR) is 173 cm³/mol. The fourth-order valence-corrected chi connectivity index (χ4v) is 7.14. The van der Waals surface area contributed by atoms with Gasteiger partial charge in [0.15, 0.2) is 0 Å². The van der Waals surface area contributed by atoms with E-state index >= 15 is 0 Å². The van der Waals surface area contributed by atoms with Crippen LogP contribution < -0.4 is 10.1 Å². The van der Waals surface area contributed by atoms with Crippen LogP contribution in [0.25, 0.3) is 10.4 Å². The van der Waals surface area contributed by atoms with Crippen LogP contribution in [0.15, 0.2) is 34.3 Å². The van der Waals surface area contributed by atoms with Crippen LogP contribution in [0.5, 0.6) is 5.75 Å². The van der Waals surface area contributed by atoms with Gasteiger partial charge in [-0.25, -0.2) is 4.98 Å². The number of aliphatic hydroxyl groups is 1. The molecule has 2 amide bonds. The minimum atomic E-state index is -0.860. The normalized spacial score (nSPS) is 22.1. The molecule has 2 fully saturated rings. The SMILES string of the molecule is Cc1cc([C@@H](C(=O)N2C[C@H](O)C[C@H]2C(=O)NCc2ccc(-c3scnc3C)cc2OCCO[C@@H]2C[C@@H](C(=O)O)N(C)C2)C(C)C)on1. The van der Waals surface area contributed by atoms with Crippen molar-refractivity contribution in [3.8, 4) is 16.2 Å². The lowest BCUT2D eigenvalue weighted by Gasteiger charge is -2.28. The fraction of sp³-hybridized carbons (Fsp3) is 0.545. The molecular formula is C33H43N5O8S. The lowest BCUT2D eigenvalue weighted by Crippen LogP contribution is -2.48. The summed E-state index contributed by atoms with van der Waals surface area (Å²) in [4.78, 5) is 47.3. The number of nitrogens with one attached hydrogen (secondary N) is 1. The summed E-state index contributed by atoms with van der Waals surface area (Å²) in [7, 11) is 1.77. The Hall–Kier alpha value is -3.85. The number of hydrogen-bond acceptors (Lipinski definition) is 11. The number of benzene rings is 1. The van der Waals surface area contributed by atoms with Gasteiger partial charge in [-0.05, 0) is 38.4 Å². The van der Waals surface area contributed by atoms with Crippen LogP contribution in [0.2, 0.25) is 0 Å². The standard InChI is InChI=1S/C33H43N5O8S/c1-18(2)29(28-10-19(3)36-46-28)32(41)38-15-23(39)12-25(38)31(40)34-14-22-7-6-21(30-20(4)35-17-47-30)11-27(22)45-9-8-44-24-13-26(33(42)43)37(5)16-24/h6-7,10-11,17-18,23-26,29,39H,8-9,12-16H2,1-5H3,(H,34,40)(H,42,43)/t23-,24-,25+,26+,29+/m1/s1. The molecule has 0 bridgehead atoms. The number of carboxylic acids is 1. The second-order valence-electron chi connectivity index (χ2n) is 12.7. The maximum atomic E-state index is 13.8. The number of aromatic nitrogens is 2. The summed E-state index contributed by atoms with van der Waals surface area (Å²) in [6.45, 7) is 8.73. The van der Waals surface area contributed by atoms with Crippen LogP contribution >= 0.6 is 11.3 Å². The number of thiazole rings is 1. The number of β-amino-alcohol motifs (C(OH)–C–C–N with tert-alkyl or cyclic N) is 1. The lowest BCUT2D eigenvalue weighted by atomic mass is 9.91. The van der Waals surface area contributed by atoms with Crippen molar-refractivity contribution in [2.45, 2.75) is 77.3 Å². The molecule has 0 aliphatic carbocycles. The highest BCUT2D eigenvalue weighted by Crippen LogP contribution is 2.33. The summed E-state index contributed by atoms with van der Waals surface area (Å²) in [5, 5.41) is 26.8. The van der Waals surface area contributed by atoms with Gasteiger partial charge in [-0.3, -0.25) is 19.3 Å². The Kier molecular flexibility index (Phi) is 11.0. The van der Waals surface area contributed by atoms with Crippen molar-refractivity contribution in [2.75, 3.05) is 33.4 Å². The highest BCUT2D eigenvalue weighted by molar-refractivity contribution is 7.13. The number of ether oxygens (including phenoxy) is 2. The second-order valence-corrected chi connectivity index (χ2v) is 13.5. The monoisotopic (exact) mass is 669 g/mol. The number of aliphatic hydroxyl groups excluding tert-OH is 1. The molecule has 2 aromatic heterocycles. The zero-order chi connectivity index (χ0) is 33.8. The summed E-state index contributed by atoms with van der Waals surface area (Å²) >= 11 is 1.52. The minimum absolute atomic E-state index is 0.0501. The van der Waals surface area contributed by atoms with Gasteiger partial charge in [0, 0.05) is 44.1 Å². The highest BCUT2D eigenvalue weighted by Gasteiger charge is 2.43. The molecule has 0 saturated carbocycles. The number of carboxylic acid groups (broad SMARTS) is 1. The molecule has 47 heavy (non-hydrogen) atoms. The van der Waals surface area contributed by atoms with E-state index in [0.29, 0.717) is 30.2 Å². The first-order valence-corrected chi connectivity index (χ1v) is 16.7. The van der Waals surface area contributed by atoms with E-state index in [1.54, 1.807) is 30.4 Å². The Morgan fingerprint density at radius 1 is 1.13 bits per heavy atom. The van der Waals surface area contributed by atoms with Crippen LogP contribution in [0.1, 0.15) is 55.3 Å². The predicted octanol–water partition coefficient (Wildman–Crippen LogP) is 2.99. The number of carbonyl (C=O) groups is 3. The molecular weight excluding hydrogens is 626 g/mol. The number of aryl methyl sites for hydroxylation is 2. The number of rotatable bonds is 13. The van der Waals surface area contributed by atoms with Crippen molar-refractivity contribution in [3.63, 3.8) is 0 Å². The van der Waals surface area contributed by atoms with E-state index in [9.17, 15) is 24.6 Å². The Balaban J connectivity index is 1.26. The smallest absolute Gasteiger partial charge is 0.321 e. The summed E-state index contributed by atoms with van der Waals surface area (Å²) in [5.41, 5.74) is 4.99. The summed E-state index contributed by atoms with van der Waals surface area (Å²) in [6, 6.07) is 6.07. The van der Waals surface area contributed by atoms with Gasteiger partial charge in [-0.1, -0.05) is 31.1 Å². The number of nitrogens with zero attached hydrogens (tertiary/aromatic N) is 4. The highest BCUT2D eigenvalue weighted by atomic mass is 32.1. The van der Waals surface area contributed by atoms with Crippen LogP contribution in [-0.2, 0) is 25.7 Å². The molecule has 3 aromatic rings. The number of aliphatic carboxylic acids is 1. The van der Waals surface area contributed by atoms with Crippen molar-refractivity contribution in [1.82, 2.24) is 25.3 Å². The van der Waals surface area contributed by atoms with Crippen molar-refractivity contribution in [3.05, 3.63) is 52.5 Å². The maximum Gasteiger partial charge on any atom is 0.321 e. The van der Waals surface area contributed by atoms with Crippen molar-refractivity contribution in [1.29, 1.82) is 0 Å². The van der Waals surface area contributed by atoms with Gasteiger partial charge < -0.3 is 34.4 Å². The van der Waals surface area contributed by atoms with Gasteiger partial charge >= 0.3 is 5.97 Å². The van der Waals surface area contributed by atoms with Gasteiger partial charge in [0.1, 0.15) is 36.1 Å². The molecule has 5 atom stereocenters. The van der Waals surface area contributed by atoms with E-state index in [1.165, 1.54) is 16.2 Å². The Bertz CT molecular complexity index is 1570. The molecule has 0 spiro atoms. The molecule has 3 N–H and O–H groups in total. The zero-order valence-electron chi connectivity index (χ0n) is 27.3. The summed E-state index contributed by atoms with van der Waals surface area (Å²) in [5.74, 6) is -1.28. The first kappa shape index (κ1) is 34.5. The third-order valence-corrected chi connectivity index (χ3v) is 9.75. The Morgan fingerprint density at radius 2 is 1.91 bits per heavy atom. The number of likely N-dealkylation sites (N-methyl/N-ethyl adjacent to an activating group) is 1. The quantitative estimate of drug-likeness (QED) is 0.229. The van der Waals surface area contributed by atoms with Crippen LogP contribution in [-0.4, -0.2) is 106 Å². The largest absolute Gasteiger partial charge is 0.491 e. The van der Waals surface area contributed by atoms with Gasteiger partial charge in [-0.15, -0.1) is 11.3 Å². The topological polar surface area (TPSA) is 168 Å². The fourth-order valence-electron chi connectivity index (χ4n) is 6.33. The molecule has 2 aliphatic heterocycles. The average Bonchev–Trinajstić information content (AvgIpc) is 3.82. The van der Waals surface area contributed by atoms with Crippen LogP contribution in [0, 0.1) is 19.8 Å². The number of amides is 2. The molecule has 2 saturated heterocycles. The van der Waals surface area contributed by atoms with E-state index in [-0.39, 0.29) is 56.6 Å². The van der Waals surface area contributed by atoms with Crippen LogP contribution in [0.4, 0.5) is 0 Å². The second kappa shape index (κ2) is 14.9. The van der Waals surface area contributed by atoms with Gasteiger partial charge in [-0.2, -0.15) is 0 Å². The summed E-state index contributed by atoms with van der Waals surface area (Å²) in [6.07, 6.45) is -0.494. The van der Waals surface area contributed by atoms with Gasteiger partial charge in [0.05, 0.1) is 40.6 Å². The lowest BCUT2D eigenvalue weighted by molar-refractivity contribution is -0.141. The Morgan fingerprint density at radius 3 is 2.55 bits per heavy atom. The van der Waals surface area contributed by atoms with E-state index in [0.717, 1.165) is 21.7 Å². The van der Waals surface area contributed by atoms with E-state index in [1.807, 2.05) is 39.0 Å². The third-order valence-electron chi connectivity index (χ3n) is 8.77. The number of likely N-dealkylation sites (tertiary alicyclic amines) is 2. The van der Waals surface area contributed by atoms with Crippen molar-refractivity contribution in [2.24, 2.45) is 5.92 Å². The summed E-state index contributed by atoms with van der Waals surface area (Å²) < 4.78 is 17.5. The molecule has 1 aromatic carbocycles. The molecule has 2 aliphatic rings. The molecule has 13 nitrogen and oxygen atoms in total. The first-order chi connectivity index (χ1) is 22.4. The van der Waals surface area contributed by atoms with E-state index < -0.39 is 30.1 Å². The van der Waals surface area contributed by atoms with Crippen LogP contribution in [0.3, 0.4) is 0 Å². The van der Waals surface area contributed by atoms with E-state index in [4.69, 9.17) is 14.0 Å². The molecule has 5 rings (SSSR count). The van der Waals surface area contributed by atoms with E-state index in [2.05, 4.69) is 15.5 Å². The van der Waals surface area contributed by atoms with Gasteiger partial charge in [0.2, 0.25) is 11.8 Å². The van der Waals surface area contributed by atoms with Crippen molar-refractivity contribution >= 4 is 29.1 Å².